The fraction of sp³-hybridized carbons (Fsp3) is 0.362. The van der Waals surface area contributed by atoms with Crippen LogP contribution < -0.4 is 25.6 Å². The Hall–Kier alpha value is -7.73. The van der Waals surface area contributed by atoms with Gasteiger partial charge in [-0.1, -0.05) is 153 Å². The van der Waals surface area contributed by atoms with Crippen molar-refractivity contribution in [2.24, 2.45) is 17.4 Å². The van der Waals surface area contributed by atoms with Gasteiger partial charge in [-0.15, -0.1) is 0 Å². The number of amides is 2. The molecule has 95 heavy (non-hydrogen) atoms. The molecule has 6 heterocycles. The Morgan fingerprint density at radius 1 is 0.600 bits per heavy atom. The summed E-state index contributed by atoms with van der Waals surface area (Å²) in [5.74, 6) is -3.65. The van der Waals surface area contributed by atoms with E-state index < -0.39 is 98.6 Å². The molecule has 0 aliphatic carbocycles. The van der Waals surface area contributed by atoms with E-state index in [-0.39, 0.29) is 44.8 Å². The lowest BCUT2D eigenvalue weighted by molar-refractivity contribution is -0.201. The standard InChI is InChI=1S/C34H38N3O9P.C21H20ClO4P.C14H20N2O5/c1-22(33(39)41-20-23-11-5-4-6-12-23)36-47(40,46-27-17-9-14-24-13-7-8-16-26(24)27)42-21-28-29-30(45-34(2,3)44-29)32(43-28)37-18-10-15-25(19-37)31(35)38;1-16(21(23)25-14-17-8-3-2-4-9-17)15-27(22,24)26-20-13-7-11-18-10-5-6-12-19(18)20;1-14(2)20-10-9(7-17)19-13(11(10)21-14)16-5-3-4-8(6-16)12(15)18/h4-14,16-19,22,28-30,32H,15,20-21H2,1-3H3,(H2,35,38)(H,36,40);2-13,16H,14-15H2,1H3;3,5-6,9-11,13,17H,4,7H2,1-2H3,(H2,15,18)/t22?,28?,29-,30-,32-,47?;;9?,10-,11-,13-/m1.1/s1. The number of hydrogen-bond donors (Lipinski definition) is 4. The first-order chi connectivity index (χ1) is 45.4. The summed E-state index contributed by atoms with van der Waals surface area (Å²) in [4.78, 5) is 51.9. The van der Waals surface area contributed by atoms with Gasteiger partial charge in [0.05, 0.1) is 25.3 Å². The van der Waals surface area contributed by atoms with Crippen LogP contribution in [0.2, 0.25) is 0 Å². The van der Waals surface area contributed by atoms with E-state index in [0.717, 1.165) is 27.3 Å². The summed E-state index contributed by atoms with van der Waals surface area (Å²) in [5, 5.41) is 15.6. The second-order valence-corrected chi connectivity index (χ2v) is 29.2. The maximum Gasteiger partial charge on any atom is 0.459 e. The average Bonchev–Trinajstić information content (AvgIpc) is 1.62. The Morgan fingerprint density at radius 2 is 1.03 bits per heavy atom. The number of hydrogen-bond acceptors (Lipinski definition) is 20. The first kappa shape index (κ1) is 70.1. The van der Waals surface area contributed by atoms with Crippen LogP contribution in [0.15, 0.2) is 194 Å². The van der Waals surface area contributed by atoms with Gasteiger partial charge in [-0.2, -0.15) is 5.09 Å². The van der Waals surface area contributed by atoms with E-state index in [4.69, 9.17) is 74.2 Å². The van der Waals surface area contributed by atoms with Gasteiger partial charge in [0.1, 0.15) is 67.4 Å². The number of allylic oxidation sites excluding steroid dienone is 2. The molecular formula is C69H78ClN5O18P2. The van der Waals surface area contributed by atoms with Crippen molar-refractivity contribution < 1.29 is 84.9 Å². The first-order valence-electron chi connectivity index (χ1n) is 30.9. The molecule has 2 amide bonds. The van der Waals surface area contributed by atoms with Crippen molar-refractivity contribution in [3.05, 3.63) is 205 Å². The van der Waals surface area contributed by atoms with E-state index >= 15 is 0 Å². The van der Waals surface area contributed by atoms with E-state index in [9.17, 15) is 33.4 Å². The van der Waals surface area contributed by atoms with Crippen molar-refractivity contribution in [3.8, 4) is 11.5 Å². The Balaban J connectivity index is 0.000000172. The Labute approximate surface area is 555 Å². The van der Waals surface area contributed by atoms with Gasteiger partial charge in [0.2, 0.25) is 11.8 Å². The monoisotopic (exact) mass is 1360 g/mol. The van der Waals surface area contributed by atoms with E-state index in [1.54, 1.807) is 73.4 Å². The van der Waals surface area contributed by atoms with Gasteiger partial charge in [0.15, 0.2) is 24.0 Å². The molecule has 6 aliphatic rings. The third-order valence-corrected chi connectivity index (χ3v) is 19.6. The zero-order valence-electron chi connectivity index (χ0n) is 53.3. The minimum Gasteiger partial charge on any atom is -0.461 e. The molecule has 12 rings (SSSR count). The lowest BCUT2D eigenvalue weighted by Crippen LogP contribution is -2.40. The second-order valence-electron chi connectivity index (χ2n) is 24.2. The molecule has 4 fully saturated rings. The van der Waals surface area contributed by atoms with Crippen molar-refractivity contribution >= 4 is 71.0 Å². The summed E-state index contributed by atoms with van der Waals surface area (Å²) in [6, 6.07) is 43.5. The summed E-state index contributed by atoms with van der Waals surface area (Å²) in [6.45, 7) is 6.65. The molecule has 504 valence electrons. The van der Waals surface area contributed by atoms with Crippen LogP contribution in [0.3, 0.4) is 0 Å². The fourth-order valence-corrected chi connectivity index (χ4v) is 15.1. The average molecular weight is 1360 g/mol. The van der Waals surface area contributed by atoms with Crippen LogP contribution in [0.1, 0.15) is 65.5 Å². The summed E-state index contributed by atoms with van der Waals surface area (Å²) < 4.78 is 92.0. The van der Waals surface area contributed by atoms with E-state index in [0.29, 0.717) is 40.9 Å². The number of aliphatic hydroxyl groups excluding tert-OH is 1. The van der Waals surface area contributed by atoms with E-state index in [1.807, 2.05) is 154 Å². The Morgan fingerprint density at radius 3 is 1.53 bits per heavy atom. The molecule has 6 N–H and O–H groups in total. The van der Waals surface area contributed by atoms with Crippen LogP contribution in [0.4, 0.5) is 0 Å². The number of aliphatic hydroxyl groups is 1. The van der Waals surface area contributed by atoms with Gasteiger partial charge < -0.3 is 73.3 Å². The van der Waals surface area contributed by atoms with Gasteiger partial charge in [-0.05, 0) is 92.7 Å². The van der Waals surface area contributed by atoms with Gasteiger partial charge in [-0.3, -0.25) is 28.3 Å². The number of halogens is 1. The highest BCUT2D eigenvalue weighted by atomic mass is 35.7. The van der Waals surface area contributed by atoms with Gasteiger partial charge in [0.25, 0.3) is 0 Å². The third kappa shape index (κ3) is 18.0. The minimum absolute atomic E-state index is 0.0470. The smallest absolute Gasteiger partial charge is 0.459 e. The van der Waals surface area contributed by atoms with Crippen LogP contribution in [0.25, 0.3) is 21.5 Å². The molecule has 6 aliphatic heterocycles. The number of nitrogens with two attached hydrogens (primary N) is 2. The van der Waals surface area contributed by atoms with Crippen LogP contribution >= 0.6 is 25.7 Å². The molecule has 0 spiro atoms. The molecule has 0 aromatic heterocycles. The quantitative estimate of drug-likeness (QED) is 0.0363. The summed E-state index contributed by atoms with van der Waals surface area (Å²) in [7, 11) is -4.28. The lowest BCUT2D eigenvalue weighted by Gasteiger charge is -2.31. The predicted molar refractivity (Wildman–Crippen MR) is 353 cm³/mol. The van der Waals surface area contributed by atoms with E-state index in [2.05, 4.69) is 5.09 Å². The Bertz CT molecular complexity index is 3940. The number of esters is 2. The van der Waals surface area contributed by atoms with Crippen LogP contribution in [0, 0.1) is 5.92 Å². The highest BCUT2D eigenvalue weighted by Gasteiger charge is 2.58. The van der Waals surface area contributed by atoms with Crippen LogP contribution in [-0.4, -0.2) is 125 Å². The second kappa shape index (κ2) is 30.6. The fourth-order valence-electron chi connectivity index (χ4n) is 11.4. The summed E-state index contributed by atoms with van der Waals surface area (Å²) in [5.41, 5.74) is 13.5. The zero-order valence-corrected chi connectivity index (χ0v) is 55.8. The molecule has 26 heteroatoms. The number of primary amides is 2. The molecule has 4 saturated heterocycles. The largest absolute Gasteiger partial charge is 0.461 e. The van der Waals surface area contributed by atoms with Crippen molar-refractivity contribution in [2.75, 3.05) is 19.4 Å². The molecule has 12 atom stereocenters. The van der Waals surface area contributed by atoms with Crippen molar-refractivity contribution in [2.45, 2.75) is 134 Å². The van der Waals surface area contributed by atoms with Crippen LogP contribution in [-0.2, 0) is 83.9 Å². The SMILES string of the molecule is CC(CP(=O)(Cl)Oc1cccc2ccccc12)C(=O)OCc1ccccc1.CC(NP(=O)(OCC1O[C@@H](N2C=CCC(C(N)=O)=C2)[C@@H]2OC(C)(C)O[C@H]12)Oc1cccc2ccccc12)C(=O)OCc1ccccc1.CC1(C)O[C@@H]2[C@H](O1)C(CO)O[C@H]2N1C=CCC(C(N)=O)=C1. The van der Waals surface area contributed by atoms with E-state index in [1.165, 1.54) is 6.92 Å². The molecule has 6 aromatic carbocycles. The van der Waals surface area contributed by atoms with Gasteiger partial charge in [-0.25, -0.2) is 4.57 Å². The number of nitrogens with one attached hydrogen (secondary N) is 1. The number of carbonyl (C=O) groups is 4. The molecule has 23 nitrogen and oxygen atoms in total. The zero-order chi connectivity index (χ0) is 67.7. The molecule has 6 aromatic rings. The van der Waals surface area contributed by atoms with Crippen LogP contribution in [0.5, 0.6) is 11.5 Å². The highest BCUT2D eigenvalue weighted by molar-refractivity contribution is 7.85. The maximum absolute atomic E-state index is 14.5. The number of ether oxygens (including phenoxy) is 8. The minimum atomic E-state index is -4.28. The molecule has 6 unspecified atom stereocenters. The molecular weight excluding hydrogens is 1280 g/mol. The summed E-state index contributed by atoms with van der Waals surface area (Å²) >= 11 is 6.15. The molecule has 0 saturated carbocycles. The van der Waals surface area contributed by atoms with Crippen molar-refractivity contribution in [1.29, 1.82) is 0 Å². The number of nitrogens with zero attached hydrogens (tertiary/aromatic N) is 2. The highest BCUT2D eigenvalue weighted by Crippen LogP contribution is 2.55. The number of rotatable bonds is 22. The molecule has 0 radical (unpaired) electrons. The number of benzene rings is 6. The predicted octanol–water partition coefficient (Wildman–Crippen LogP) is 10.7. The summed E-state index contributed by atoms with van der Waals surface area (Å²) in [6.07, 6.45) is 7.08. The van der Waals surface area contributed by atoms with Gasteiger partial charge >= 0.3 is 26.4 Å². The number of carbonyl (C=O) groups excluding carboxylic acids is 4. The Kier molecular flexibility index (Phi) is 22.5. The number of fused-ring (bicyclic) bond motifs is 4. The first-order valence-corrected chi connectivity index (χ1v) is 35.2. The molecule has 0 bridgehead atoms. The van der Waals surface area contributed by atoms with Crippen molar-refractivity contribution in [3.63, 3.8) is 0 Å². The normalized spacial score (nSPS) is 24.8. The topological polar surface area (TPSA) is 295 Å². The van der Waals surface area contributed by atoms with Gasteiger partial charge in [0, 0.05) is 46.7 Å². The van der Waals surface area contributed by atoms with Crippen molar-refractivity contribution in [1.82, 2.24) is 14.9 Å². The lowest BCUT2D eigenvalue weighted by atomic mass is 10.1. The third-order valence-electron chi connectivity index (χ3n) is 15.9. The maximum atomic E-state index is 14.5.